The van der Waals surface area contributed by atoms with E-state index in [4.69, 9.17) is 21.5 Å². The van der Waals surface area contributed by atoms with Crippen molar-refractivity contribution in [3.63, 3.8) is 0 Å². The van der Waals surface area contributed by atoms with Crippen molar-refractivity contribution in [2.45, 2.75) is 35.6 Å². The monoisotopic (exact) mass is 530 g/mol. The Bertz CT molecular complexity index is 1060. The number of nitrogens with two attached hydrogens (primary N) is 1. The van der Waals surface area contributed by atoms with E-state index in [0.29, 0.717) is 5.03 Å². The third kappa shape index (κ3) is 5.62. The summed E-state index contributed by atoms with van der Waals surface area (Å²) in [7, 11) is 0.863. The minimum atomic E-state index is -4.99. The number of pyridine rings is 1. The third-order valence-electron chi connectivity index (χ3n) is 5.12. The van der Waals surface area contributed by atoms with E-state index in [-0.39, 0.29) is 16.4 Å². The lowest BCUT2D eigenvalue weighted by atomic mass is 9.99. The Hall–Kier alpha value is -2.42. The Morgan fingerprint density at radius 1 is 1.26 bits per heavy atom. The summed E-state index contributed by atoms with van der Waals surface area (Å²) in [6.07, 6.45) is -9.29. The number of aromatic nitrogens is 1. The van der Waals surface area contributed by atoms with Crippen molar-refractivity contribution in [1.82, 2.24) is 4.98 Å². The van der Waals surface area contributed by atoms with Gasteiger partial charge >= 0.3 is 12.5 Å². The summed E-state index contributed by atoms with van der Waals surface area (Å²) in [5.41, 5.74) is -2.60. The normalized spacial score (nSPS) is 21.0. The standard InChI is InChI=1S/C19H17ClF6N4O3S/c1-32-17(18(21,22)23)8-14(16(31)29-10-4-5-28-15(6-10)34-27)30(9-17)13-3-2-11(7-12(13)20)33-19(24,25)26/h2-7,14H,8-9,27H2,1H3,(H,28,29,31). The lowest BCUT2D eigenvalue weighted by Gasteiger charge is -2.30. The zero-order valence-electron chi connectivity index (χ0n) is 17.2. The maximum Gasteiger partial charge on any atom is 0.573 e. The van der Waals surface area contributed by atoms with Crippen molar-refractivity contribution < 1.29 is 40.6 Å². The van der Waals surface area contributed by atoms with Crippen molar-refractivity contribution in [2.24, 2.45) is 5.14 Å². The summed E-state index contributed by atoms with van der Waals surface area (Å²) in [5.74, 6) is -1.49. The first-order chi connectivity index (χ1) is 15.8. The number of carbonyl (C=O) groups excluding carboxylic acids is 1. The molecule has 2 heterocycles. The van der Waals surface area contributed by atoms with Crippen LogP contribution in [0.15, 0.2) is 41.6 Å². The molecule has 0 radical (unpaired) electrons. The van der Waals surface area contributed by atoms with Gasteiger partial charge in [-0.05, 0) is 36.2 Å². The van der Waals surface area contributed by atoms with Gasteiger partial charge in [0, 0.05) is 31.5 Å². The molecule has 0 aliphatic carbocycles. The van der Waals surface area contributed by atoms with Crippen molar-refractivity contribution in [3.8, 4) is 5.75 Å². The van der Waals surface area contributed by atoms with Crippen molar-refractivity contribution in [1.29, 1.82) is 0 Å². The summed E-state index contributed by atoms with van der Waals surface area (Å²) >= 11 is 6.89. The fourth-order valence-electron chi connectivity index (χ4n) is 3.52. The number of nitrogens with one attached hydrogen (secondary N) is 1. The molecule has 0 saturated carbocycles. The molecule has 3 N–H and O–H groups in total. The molecular formula is C19H17ClF6N4O3S. The number of amides is 1. The molecule has 7 nitrogen and oxygen atoms in total. The second-order valence-corrected chi connectivity index (χ2v) is 8.26. The van der Waals surface area contributed by atoms with E-state index in [1.165, 1.54) is 18.3 Å². The molecule has 186 valence electrons. The molecule has 1 aromatic heterocycles. The minimum absolute atomic E-state index is 0.104. The number of halogens is 7. The van der Waals surface area contributed by atoms with Gasteiger partial charge in [0.1, 0.15) is 16.8 Å². The van der Waals surface area contributed by atoms with Gasteiger partial charge in [-0.2, -0.15) is 13.2 Å². The molecular weight excluding hydrogens is 514 g/mol. The molecule has 34 heavy (non-hydrogen) atoms. The van der Waals surface area contributed by atoms with Gasteiger partial charge in [-0.25, -0.2) is 4.98 Å². The highest BCUT2D eigenvalue weighted by molar-refractivity contribution is 7.97. The number of alkyl halides is 6. The van der Waals surface area contributed by atoms with E-state index in [1.807, 2.05) is 0 Å². The quantitative estimate of drug-likeness (QED) is 0.411. The number of rotatable bonds is 6. The van der Waals surface area contributed by atoms with Gasteiger partial charge in [-0.15, -0.1) is 13.2 Å². The smallest absolute Gasteiger partial charge is 0.406 e. The number of carbonyl (C=O) groups is 1. The van der Waals surface area contributed by atoms with Crippen LogP contribution in [-0.4, -0.2) is 48.7 Å². The molecule has 15 heteroatoms. The van der Waals surface area contributed by atoms with Crippen LogP contribution in [0.25, 0.3) is 0 Å². The number of ether oxygens (including phenoxy) is 2. The third-order valence-corrected chi connectivity index (χ3v) is 5.89. The highest BCUT2D eigenvalue weighted by Crippen LogP contribution is 2.46. The lowest BCUT2D eigenvalue weighted by molar-refractivity contribution is -0.274. The molecule has 0 bridgehead atoms. The van der Waals surface area contributed by atoms with Gasteiger partial charge in [0.05, 0.1) is 17.3 Å². The molecule has 1 aromatic carbocycles. The van der Waals surface area contributed by atoms with Crippen LogP contribution < -0.4 is 20.1 Å². The van der Waals surface area contributed by atoms with E-state index < -0.39 is 48.8 Å². The van der Waals surface area contributed by atoms with Gasteiger partial charge in [0.25, 0.3) is 0 Å². The zero-order chi connectivity index (χ0) is 25.3. The summed E-state index contributed by atoms with van der Waals surface area (Å²) in [6.45, 7) is -0.829. The summed E-state index contributed by atoms with van der Waals surface area (Å²) in [4.78, 5) is 18.0. The number of hydrogen-bond donors (Lipinski definition) is 2. The second-order valence-electron chi connectivity index (χ2n) is 7.19. The first-order valence-electron chi connectivity index (χ1n) is 9.36. The van der Waals surface area contributed by atoms with Crippen LogP contribution in [0.3, 0.4) is 0 Å². The van der Waals surface area contributed by atoms with Crippen LogP contribution in [0.4, 0.5) is 37.7 Å². The number of anilines is 2. The van der Waals surface area contributed by atoms with E-state index in [9.17, 15) is 31.1 Å². The minimum Gasteiger partial charge on any atom is -0.406 e. The predicted octanol–water partition coefficient (Wildman–Crippen LogP) is 4.76. The first-order valence-corrected chi connectivity index (χ1v) is 10.6. The van der Waals surface area contributed by atoms with E-state index in [0.717, 1.165) is 42.2 Å². The second kappa shape index (κ2) is 9.68. The molecule has 1 fully saturated rings. The highest BCUT2D eigenvalue weighted by atomic mass is 35.5. The Labute approximate surface area is 198 Å². The van der Waals surface area contributed by atoms with Crippen LogP contribution in [0, 0.1) is 0 Å². The van der Waals surface area contributed by atoms with Gasteiger partial charge in [-0.1, -0.05) is 11.6 Å². The van der Waals surface area contributed by atoms with Crippen LogP contribution in [-0.2, 0) is 9.53 Å². The van der Waals surface area contributed by atoms with Crippen LogP contribution in [0.1, 0.15) is 6.42 Å². The van der Waals surface area contributed by atoms with Crippen molar-refractivity contribution >= 4 is 40.8 Å². The maximum absolute atomic E-state index is 13.9. The Morgan fingerprint density at radius 3 is 2.53 bits per heavy atom. The molecule has 2 aromatic rings. The highest BCUT2D eigenvalue weighted by Gasteiger charge is 2.63. The molecule has 2 unspecified atom stereocenters. The van der Waals surface area contributed by atoms with E-state index in [2.05, 4.69) is 15.0 Å². The van der Waals surface area contributed by atoms with Crippen LogP contribution in [0.5, 0.6) is 5.75 Å². The van der Waals surface area contributed by atoms with Gasteiger partial charge in [0.15, 0.2) is 5.60 Å². The maximum atomic E-state index is 13.9. The molecule has 1 aliphatic rings. The average Bonchev–Trinajstić information content (AvgIpc) is 3.14. The summed E-state index contributed by atoms with van der Waals surface area (Å²) in [6, 6.07) is 4.13. The SMILES string of the molecule is COC1(C(F)(F)F)CC(C(=O)Nc2ccnc(SN)c2)N(c2ccc(OC(F)(F)F)cc2Cl)C1. The molecule has 2 atom stereocenters. The van der Waals surface area contributed by atoms with Crippen LogP contribution >= 0.6 is 23.5 Å². The number of benzene rings is 1. The topological polar surface area (TPSA) is 89.7 Å². The van der Waals surface area contributed by atoms with Crippen molar-refractivity contribution in [2.75, 3.05) is 23.9 Å². The zero-order valence-corrected chi connectivity index (χ0v) is 18.8. The molecule has 1 amide bonds. The first kappa shape index (κ1) is 26.2. The van der Waals surface area contributed by atoms with Gasteiger partial charge < -0.3 is 19.7 Å². The van der Waals surface area contributed by atoms with Crippen molar-refractivity contribution in [3.05, 3.63) is 41.6 Å². The van der Waals surface area contributed by atoms with E-state index in [1.54, 1.807) is 0 Å². The largest absolute Gasteiger partial charge is 0.573 e. The molecule has 1 saturated heterocycles. The van der Waals surface area contributed by atoms with Crippen LogP contribution in [0.2, 0.25) is 5.02 Å². The Morgan fingerprint density at radius 2 is 1.97 bits per heavy atom. The fraction of sp³-hybridized carbons (Fsp3) is 0.368. The summed E-state index contributed by atoms with van der Waals surface area (Å²) < 4.78 is 87.9. The Balaban J connectivity index is 1.97. The van der Waals surface area contributed by atoms with Gasteiger partial charge in [-0.3, -0.25) is 9.93 Å². The molecule has 1 aliphatic heterocycles. The van der Waals surface area contributed by atoms with E-state index >= 15 is 0 Å². The van der Waals surface area contributed by atoms with Gasteiger partial charge in [0.2, 0.25) is 5.91 Å². The number of methoxy groups -OCH3 is 1. The molecule has 0 spiro atoms. The predicted molar refractivity (Wildman–Crippen MR) is 113 cm³/mol. The lowest BCUT2D eigenvalue weighted by Crippen LogP contribution is -2.49. The number of nitrogens with zero attached hydrogens (tertiary/aromatic N) is 2. The Kier molecular flexibility index (Phi) is 7.45. The fourth-order valence-corrected chi connectivity index (χ4v) is 4.12. The summed E-state index contributed by atoms with van der Waals surface area (Å²) in [5, 5.41) is 7.94. The average molecular weight is 531 g/mol. The molecule has 3 rings (SSSR count). The number of hydrogen-bond acceptors (Lipinski definition) is 7.